The normalized spacial score (nSPS) is 15.7. The van der Waals surface area contributed by atoms with Crippen LogP contribution in [-0.4, -0.2) is 18.6 Å². The number of benzene rings is 1. The molecule has 2 rings (SSSR count). The highest BCUT2D eigenvalue weighted by molar-refractivity contribution is 9.10. The largest absolute Gasteiger partial charge is 0.482 e. The molecule has 1 aromatic carbocycles. The van der Waals surface area contributed by atoms with E-state index in [0.717, 1.165) is 17.3 Å². The minimum Gasteiger partial charge on any atom is -0.482 e. The third kappa shape index (κ3) is 3.89. The Bertz CT molecular complexity index is 433. The molecule has 0 heterocycles. The van der Waals surface area contributed by atoms with Gasteiger partial charge < -0.3 is 10.1 Å². The van der Waals surface area contributed by atoms with Crippen LogP contribution in [-0.2, 0) is 4.79 Å². The molecule has 0 spiro atoms. The van der Waals surface area contributed by atoms with Crippen LogP contribution in [0.5, 0.6) is 5.75 Å². The van der Waals surface area contributed by atoms with Gasteiger partial charge in [0.05, 0.1) is 5.02 Å². The van der Waals surface area contributed by atoms with E-state index in [4.69, 9.17) is 16.3 Å². The molecule has 0 aromatic heterocycles. The molecule has 98 valence electrons. The molecule has 18 heavy (non-hydrogen) atoms. The van der Waals surface area contributed by atoms with Crippen molar-refractivity contribution in [3.63, 3.8) is 0 Å². The van der Waals surface area contributed by atoms with Gasteiger partial charge in [-0.3, -0.25) is 4.79 Å². The smallest absolute Gasteiger partial charge is 0.258 e. The number of hydrogen-bond donors (Lipinski definition) is 1. The van der Waals surface area contributed by atoms with Gasteiger partial charge in [0.15, 0.2) is 6.61 Å². The molecule has 1 aromatic rings. The van der Waals surface area contributed by atoms with Gasteiger partial charge in [-0.05, 0) is 31.0 Å². The molecule has 5 heteroatoms. The Hall–Kier alpha value is -0.740. The van der Waals surface area contributed by atoms with Crippen molar-refractivity contribution in [2.24, 2.45) is 0 Å². The standard InChI is InChI=1S/C13H15BrClNO2/c14-9-5-6-12(11(15)7-9)18-8-13(17)16-10-3-1-2-4-10/h5-7,10H,1-4,8H2,(H,16,17). The molecule has 1 amide bonds. The van der Waals surface area contributed by atoms with Gasteiger partial charge in [0, 0.05) is 10.5 Å². The molecule has 1 saturated carbocycles. The van der Waals surface area contributed by atoms with E-state index in [1.807, 2.05) is 6.07 Å². The van der Waals surface area contributed by atoms with Crippen LogP contribution < -0.4 is 10.1 Å². The summed E-state index contributed by atoms with van der Waals surface area (Å²) in [5.41, 5.74) is 0. The lowest BCUT2D eigenvalue weighted by Gasteiger charge is -2.13. The summed E-state index contributed by atoms with van der Waals surface area (Å²) < 4.78 is 6.28. The third-order valence-electron chi connectivity index (χ3n) is 2.97. The number of carbonyl (C=O) groups excluding carboxylic acids is 1. The lowest BCUT2D eigenvalue weighted by Crippen LogP contribution is -2.36. The van der Waals surface area contributed by atoms with Gasteiger partial charge in [-0.1, -0.05) is 40.4 Å². The van der Waals surface area contributed by atoms with Crippen molar-refractivity contribution >= 4 is 33.4 Å². The fraction of sp³-hybridized carbons (Fsp3) is 0.462. The molecule has 0 aliphatic heterocycles. The van der Waals surface area contributed by atoms with E-state index in [0.29, 0.717) is 16.8 Å². The van der Waals surface area contributed by atoms with Gasteiger partial charge in [0.2, 0.25) is 0 Å². The Morgan fingerprint density at radius 3 is 2.83 bits per heavy atom. The quantitative estimate of drug-likeness (QED) is 0.916. The Balaban J connectivity index is 1.81. The van der Waals surface area contributed by atoms with Crippen molar-refractivity contribution in [2.75, 3.05) is 6.61 Å². The van der Waals surface area contributed by atoms with E-state index in [1.54, 1.807) is 12.1 Å². The number of rotatable bonds is 4. The first-order valence-electron chi connectivity index (χ1n) is 6.02. The summed E-state index contributed by atoms with van der Waals surface area (Å²) in [6.07, 6.45) is 4.55. The van der Waals surface area contributed by atoms with Gasteiger partial charge in [0.1, 0.15) is 5.75 Å². The Morgan fingerprint density at radius 1 is 1.44 bits per heavy atom. The van der Waals surface area contributed by atoms with Crippen LogP contribution in [0.2, 0.25) is 5.02 Å². The Morgan fingerprint density at radius 2 is 2.17 bits per heavy atom. The fourth-order valence-electron chi connectivity index (χ4n) is 2.08. The summed E-state index contributed by atoms with van der Waals surface area (Å²) in [6.45, 7) is 0.0118. The predicted octanol–water partition coefficient (Wildman–Crippen LogP) is 3.54. The summed E-state index contributed by atoms with van der Waals surface area (Å²) in [5.74, 6) is 0.447. The highest BCUT2D eigenvalue weighted by atomic mass is 79.9. The summed E-state index contributed by atoms with van der Waals surface area (Å²) in [4.78, 5) is 11.7. The van der Waals surface area contributed by atoms with Gasteiger partial charge in [-0.25, -0.2) is 0 Å². The van der Waals surface area contributed by atoms with Crippen molar-refractivity contribution < 1.29 is 9.53 Å². The molecule has 1 fully saturated rings. The molecule has 0 radical (unpaired) electrons. The van der Waals surface area contributed by atoms with Crippen LogP contribution in [0.4, 0.5) is 0 Å². The lowest BCUT2D eigenvalue weighted by atomic mass is 10.2. The number of halogens is 2. The highest BCUT2D eigenvalue weighted by Gasteiger charge is 2.17. The lowest BCUT2D eigenvalue weighted by molar-refractivity contribution is -0.123. The van der Waals surface area contributed by atoms with Crippen molar-refractivity contribution in [3.05, 3.63) is 27.7 Å². The van der Waals surface area contributed by atoms with Gasteiger partial charge >= 0.3 is 0 Å². The Labute approximate surface area is 120 Å². The van der Waals surface area contributed by atoms with Crippen LogP contribution in [0.3, 0.4) is 0 Å². The summed E-state index contributed by atoms with van der Waals surface area (Å²) in [5, 5.41) is 3.46. The van der Waals surface area contributed by atoms with Crippen LogP contribution in [0.25, 0.3) is 0 Å². The molecule has 1 aliphatic carbocycles. The van der Waals surface area contributed by atoms with Crippen molar-refractivity contribution in [2.45, 2.75) is 31.7 Å². The van der Waals surface area contributed by atoms with Gasteiger partial charge in [-0.15, -0.1) is 0 Å². The second-order valence-electron chi connectivity index (χ2n) is 4.41. The zero-order valence-corrected chi connectivity index (χ0v) is 12.3. The van der Waals surface area contributed by atoms with Gasteiger partial charge in [0.25, 0.3) is 5.91 Å². The zero-order chi connectivity index (χ0) is 13.0. The van der Waals surface area contributed by atoms with Crippen LogP contribution in [0, 0.1) is 0 Å². The number of carbonyl (C=O) groups is 1. The van der Waals surface area contributed by atoms with E-state index < -0.39 is 0 Å². The monoisotopic (exact) mass is 331 g/mol. The van der Waals surface area contributed by atoms with Crippen molar-refractivity contribution in [1.29, 1.82) is 0 Å². The first kappa shape index (κ1) is 13.7. The average Bonchev–Trinajstić information content (AvgIpc) is 2.80. The second-order valence-corrected chi connectivity index (χ2v) is 5.74. The fourth-order valence-corrected chi connectivity index (χ4v) is 2.80. The molecular formula is C13H15BrClNO2. The predicted molar refractivity (Wildman–Crippen MR) is 75.0 cm³/mol. The first-order valence-corrected chi connectivity index (χ1v) is 7.19. The SMILES string of the molecule is O=C(COc1ccc(Br)cc1Cl)NC1CCCC1. The molecule has 1 aliphatic rings. The maximum absolute atomic E-state index is 11.7. The van der Waals surface area contributed by atoms with Crippen molar-refractivity contribution in [3.8, 4) is 5.75 Å². The zero-order valence-electron chi connectivity index (χ0n) is 9.92. The number of hydrogen-bond acceptors (Lipinski definition) is 2. The molecule has 0 atom stereocenters. The van der Waals surface area contributed by atoms with E-state index in [-0.39, 0.29) is 12.5 Å². The van der Waals surface area contributed by atoms with Gasteiger partial charge in [-0.2, -0.15) is 0 Å². The summed E-state index contributed by atoms with van der Waals surface area (Å²) in [7, 11) is 0. The maximum Gasteiger partial charge on any atom is 0.258 e. The topological polar surface area (TPSA) is 38.3 Å². The molecular weight excluding hydrogens is 318 g/mol. The van der Waals surface area contributed by atoms with E-state index in [2.05, 4.69) is 21.2 Å². The second kappa shape index (κ2) is 6.43. The minimum atomic E-state index is -0.0825. The van der Waals surface area contributed by atoms with E-state index >= 15 is 0 Å². The minimum absolute atomic E-state index is 0.0118. The molecule has 1 N–H and O–H groups in total. The van der Waals surface area contributed by atoms with Crippen molar-refractivity contribution in [1.82, 2.24) is 5.32 Å². The average molecular weight is 333 g/mol. The summed E-state index contributed by atoms with van der Waals surface area (Å²) >= 11 is 9.31. The number of amides is 1. The Kier molecular flexibility index (Phi) is 4.89. The highest BCUT2D eigenvalue weighted by Crippen LogP contribution is 2.27. The molecule has 0 bridgehead atoms. The van der Waals surface area contributed by atoms with E-state index in [1.165, 1.54) is 12.8 Å². The molecule has 3 nitrogen and oxygen atoms in total. The third-order valence-corrected chi connectivity index (χ3v) is 3.76. The molecule has 0 saturated heterocycles. The number of nitrogens with one attached hydrogen (secondary N) is 1. The van der Waals surface area contributed by atoms with Crippen LogP contribution in [0.15, 0.2) is 22.7 Å². The van der Waals surface area contributed by atoms with E-state index in [9.17, 15) is 4.79 Å². The van der Waals surface area contributed by atoms with Crippen LogP contribution >= 0.6 is 27.5 Å². The van der Waals surface area contributed by atoms with Crippen LogP contribution in [0.1, 0.15) is 25.7 Å². The first-order chi connectivity index (χ1) is 8.65. The molecule has 0 unspecified atom stereocenters. The summed E-state index contributed by atoms with van der Waals surface area (Å²) in [6, 6.07) is 5.64. The maximum atomic E-state index is 11.7. The number of ether oxygens (including phenoxy) is 1.